The van der Waals surface area contributed by atoms with E-state index < -0.39 is 0 Å². The molecular weight excluding hydrogens is 309 g/mol. The highest BCUT2D eigenvalue weighted by Gasteiger charge is 2.21. The van der Waals surface area contributed by atoms with Crippen molar-refractivity contribution in [3.05, 3.63) is 46.2 Å². The molecule has 1 saturated heterocycles. The zero-order chi connectivity index (χ0) is 13.4. The molecule has 5 heteroatoms. The number of rotatable bonds is 2. The number of aryl methyl sites for hydroxylation is 1. The number of hydrogen-bond acceptors (Lipinski definition) is 2. The van der Waals surface area contributed by atoms with E-state index >= 15 is 0 Å². The van der Waals surface area contributed by atoms with E-state index in [9.17, 15) is 4.39 Å². The molecule has 0 unspecified atom stereocenters. The molecule has 1 aromatic heterocycles. The number of imidazole rings is 1. The van der Waals surface area contributed by atoms with Gasteiger partial charge in [0, 0.05) is 6.04 Å². The van der Waals surface area contributed by atoms with Crippen LogP contribution >= 0.6 is 15.9 Å². The number of nitrogens with one attached hydrogen (secondary N) is 1. The number of hydrogen-bond donors (Lipinski definition) is 1. The molecule has 0 spiro atoms. The first-order chi connectivity index (χ1) is 9.16. The van der Waals surface area contributed by atoms with Crippen molar-refractivity contribution in [3.8, 4) is 5.69 Å². The quantitative estimate of drug-likeness (QED) is 0.916. The van der Waals surface area contributed by atoms with E-state index in [0.29, 0.717) is 10.5 Å². The summed E-state index contributed by atoms with van der Waals surface area (Å²) in [7, 11) is 0. The lowest BCUT2D eigenvalue weighted by Crippen LogP contribution is -2.16. The molecule has 0 aliphatic carbocycles. The molecule has 0 bridgehead atoms. The molecule has 1 atom stereocenters. The molecule has 3 rings (SSSR count). The minimum atomic E-state index is -0.234. The predicted molar refractivity (Wildman–Crippen MR) is 75.9 cm³/mol. The monoisotopic (exact) mass is 323 g/mol. The summed E-state index contributed by atoms with van der Waals surface area (Å²) in [6.45, 7) is 2.96. The minimum absolute atomic E-state index is 0.234. The van der Waals surface area contributed by atoms with Crippen LogP contribution in [0, 0.1) is 12.7 Å². The molecule has 1 N–H and O–H groups in total. The first-order valence-electron chi connectivity index (χ1n) is 6.38. The molecule has 1 fully saturated rings. The minimum Gasteiger partial charge on any atom is -0.309 e. The fraction of sp³-hybridized carbons (Fsp3) is 0.357. The molecule has 2 heterocycles. The maximum Gasteiger partial charge on any atom is 0.137 e. The number of benzene rings is 1. The van der Waals surface area contributed by atoms with Crippen molar-refractivity contribution in [1.29, 1.82) is 0 Å². The van der Waals surface area contributed by atoms with Crippen LogP contribution in [0.4, 0.5) is 4.39 Å². The summed E-state index contributed by atoms with van der Waals surface area (Å²) in [5.41, 5.74) is 3.01. The van der Waals surface area contributed by atoms with Gasteiger partial charge in [0.1, 0.15) is 5.82 Å². The van der Waals surface area contributed by atoms with E-state index in [4.69, 9.17) is 0 Å². The summed E-state index contributed by atoms with van der Waals surface area (Å²) in [4.78, 5) is 4.25. The SMILES string of the molecule is Cc1cc(F)c(Br)cc1-n1cncc1[C@@H]1CCCN1. The molecule has 19 heavy (non-hydrogen) atoms. The summed E-state index contributed by atoms with van der Waals surface area (Å²) < 4.78 is 16.0. The van der Waals surface area contributed by atoms with Gasteiger partial charge in [0.25, 0.3) is 0 Å². The third kappa shape index (κ3) is 2.32. The number of aromatic nitrogens is 2. The van der Waals surface area contributed by atoms with Gasteiger partial charge in [0.05, 0.1) is 28.4 Å². The number of halogens is 2. The molecule has 0 saturated carbocycles. The Bertz CT molecular complexity index is 603. The first kappa shape index (κ1) is 12.8. The Kier molecular flexibility index (Phi) is 3.41. The lowest BCUT2D eigenvalue weighted by atomic mass is 10.1. The maximum absolute atomic E-state index is 13.5. The highest BCUT2D eigenvalue weighted by Crippen LogP contribution is 2.28. The van der Waals surface area contributed by atoms with Gasteiger partial charge in [-0.25, -0.2) is 9.37 Å². The van der Waals surface area contributed by atoms with Crippen LogP contribution in [0.25, 0.3) is 5.69 Å². The third-order valence-electron chi connectivity index (χ3n) is 3.58. The standard InChI is InChI=1S/C14H15BrFN3/c1-9-5-11(16)10(15)6-13(9)19-8-17-7-14(19)12-3-2-4-18-12/h5-8,12,18H,2-4H2,1H3/t12-/m0/s1. The Hall–Kier alpha value is -1.20. The molecule has 1 aliphatic rings. The maximum atomic E-state index is 13.5. The van der Waals surface area contributed by atoms with Gasteiger partial charge >= 0.3 is 0 Å². The van der Waals surface area contributed by atoms with Crippen molar-refractivity contribution in [2.24, 2.45) is 0 Å². The van der Waals surface area contributed by atoms with Crippen molar-refractivity contribution in [1.82, 2.24) is 14.9 Å². The summed E-state index contributed by atoms with van der Waals surface area (Å²) >= 11 is 3.25. The van der Waals surface area contributed by atoms with Crippen LogP contribution in [0.3, 0.4) is 0 Å². The van der Waals surface area contributed by atoms with Crippen LogP contribution in [-0.4, -0.2) is 16.1 Å². The Balaban J connectivity index is 2.07. The number of nitrogens with zero attached hydrogens (tertiary/aromatic N) is 2. The van der Waals surface area contributed by atoms with Gasteiger partial charge in [-0.15, -0.1) is 0 Å². The zero-order valence-electron chi connectivity index (χ0n) is 10.7. The second kappa shape index (κ2) is 5.06. The van der Waals surface area contributed by atoms with Gasteiger partial charge < -0.3 is 9.88 Å². The van der Waals surface area contributed by atoms with Gasteiger partial charge in [-0.3, -0.25) is 0 Å². The van der Waals surface area contributed by atoms with Crippen molar-refractivity contribution in [3.63, 3.8) is 0 Å². The Labute approximate surface area is 120 Å². The van der Waals surface area contributed by atoms with Gasteiger partial charge in [-0.2, -0.15) is 0 Å². The van der Waals surface area contributed by atoms with E-state index in [1.807, 2.05) is 23.8 Å². The van der Waals surface area contributed by atoms with Crippen LogP contribution in [0.15, 0.2) is 29.1 Å². The van der Waals surface area contributed by atoms with Crippen LogP contribution in [0.1, 0.15) is 30.1 Å². The predicted octanol–water partition coefficient (Wildman–Crippen LogP) is 3.51. The van der Waals surface area contributed by atoms with Crippen LogP contribution in [-0.2, 0) is 0 Å². The normalized spacial score (nSPS) is 19.0. The molecule has 2 aromatic rings. The summed E-state index contributed by atoms with van der Waals surface area (Å²) in [6, 6.07) is 3.70. The second-order valence-electron chi connectivity index (χ2n) is 4.89. The van der Waals surface area contributed by atoms with Gasteiger partial charge in [0.15, 0.2) is 0 Å². The van der Waals surface area contributed by atoms with E-state index in [-0.39, 0.29) is 5.82 Å². The molecule has 1 aliphatic heterocycles. The largest absolute Gasteiger partial charge is 0.309 e. The van der Waals surface area contributed by atoms with Gasteiger partial charge in [-0.1, -0.05) is 0 Å². The first-order valence-corrected chi connectivity index (χ1v) is 7.18. The average molecular weight is 324 g/mol. The van der Waals surface area contributed by atoms with Gasteiger partial charge in [-0.05, 0) is 59.9 Å². The van der Waals surface area contributed by atoms with Gasteiger partial charge in [0.2, 0.25) is 0 Å². The zero-order valence-corrected chi connectivity index (χ0v) is 12.2. The highest BCUT2D eigenvalue weighted by atomic mass is 79.9. The fourth-order valence-corrected chi connectivity index (χ4v) is 2.93. The van der Waals surface area contributed by atoms with Crippen molar-refractivity contribution < 1.29 is 4.39 Å². The van der Waals surface area contributed by atoms with E-state index in [1.54, 1.807) is 12.4 Å². The van der Waals surface area contributed by atoms with Crippen LogP contribution < -0.4 is 5.32 Å². The van der Waals surface area contributed by atoms with E-state index in [1.165, 1.54) is 6.42 Å². The summed E-state index contributed by atoms with van der Waals surface area (Å²) in [5, 5.41) is 3.47. The van der Waals surface area contributed by atoms with Crippen LogP contribution in [0.5, 0.6) is 0 Å². The Morgan fingerprint density at radius 3 is 3.05 bits per heavy atom. The van der Waals surface area contributed by atoms with Crippen molar-refractivity contribution in [2.75, 3.05) is 6.54 Å². The average Bonchev–Trinajstić information content (AvgIpc) is 3.03. The molecule has 0 radical (unpaired) electrons. The van der Waals surface area contributed by atoms with Crippen molar-refractivity contribution >= 4 is 15.9 Å². The second-order valence-corrected chi connectivity index (χ2v) is 5.74. The lowest BCUT2D eigenvalue weighted by Gasteiger charge is -2.16. The summed E-state index contributed by atoms with van der Waals surface area (Å²) in [6.07, 6.45) is 5.98. The Morgan fingerprint density at radius 2 is 2.32 bits per heavy atom. The van der Waals surface area contributed by atoms with Crippen LogP contribution in [0.2, 0.25) is 0 Å². The molecular formula is C14H15BrFN3. The third-order valence-corrected chi connectivity index (χ3v) is 4.19. The highest BCUT2D eigenvalue weighted by molar-refractivity contribution is 9.10. The van der Waals surface area contributed by atoms with E-state index in [2.05, 4.69) is 26.2 Å². The molecule has 1 aromatic carbocycles. The molecule has 0 amide bonds. The smallest absolute Gasteiger partial charge is 0.137 e. The molecule has 3 nitrogen and oxygen atoms in total. The fourth-order valence-electron chi connectivity index (χ4n) is 2.60. The topological polar surface area (TPSA) is 29.9 Å². The summed E-state index contributed by atoms with van der Waals surface area (Å²) in [5.74, 6) is -0.234. The molecule has 100 valence electrons. The lowest BCUT2D eigenvalue weighted by molar-refractivity contribution is 0.609. The van der Waals surface area contributed by atoms with E-state index in [0.717, 1.165) is 29.9 Å². The van der Waals surface area contributed by atoms with Crippen molar-refractivity contribution in [2.45, 2.75) is 25.8 Å². The Morgan fingerprint density at radius 1 is 1.47 bits per heavy atom.